The number of carbonyl (C=O) groups is 1. The van der Waals surface area contributed by atoms with Crippen LogP contribution in [0.2, 0.25) is 0 Å². The Morgan fingerprint density at radius 2 is 2.36 bits per heavy atom. The third-order valence-corrected chi connectivity index (χ3v) is 3.57. The Balaban J connectivity index is 2.45. The number of hydrogen-bond donors (Lipinski definition) is 0. The summed E-state index contributed by atoms with van der Waals surface area (Å²) in [7, 11) is 1.36. The number of thiazole rings is 1. The molecule has 2 aromatic rings. The average Bonchev–Trinajstić information content (AvgIpc) is 2.85. The highest BCUT2D eigenvalue weighted by atomic mass is 32.1. The fourth-order valence-corrected chi connectivity index (χ4v) is 2.72. The lowest BCUT2D eigenvalue weighted by atomic mass is 10.3. The van der Waals surface area contributed by atoms with Crippen molar-refractivity contribution in [2.24, 2.45) is 0 Å². The van der Waals surface area contributed by atoms with Crippen LogP contribution in [-0.2, 0) is 4.74 Å². The number of methoxy groups -OCH3 is 1. The van der Waals surface area contributed by atoms with E-state index in [4.69, 9.17) is 0 Å². The number of esters is 1. The second-order valence-electron chi connectivity index (χ2n) is 2.50. The van der Waals surface area contributed by atoms with Gasteiger partial charge >= 0.3 is 5.97 Å². The summed E-state index contributed by atoms with van der Waals surface area (Å²) in [6.07, 6.45) is 0. The molecule has 0 atom stereocenters. The first-order valence-corrected chi connectivity index (χ1v) is 5.64. The molecule has 0 aliphatic carbocycles. The van der Waals surface area contributed by atoms with E-state index < -0.39 is 0 Å². The Kier molecular flexibility index (Phi) is 2.60. The van der Waals surface area contributed by atoms with E-state index in [1.807, 2.05) is 17.5 Å². The maximum Gasteiger partial charge on any atom is 0.358 e. The van der Waals surface area contributed by atoms with Crippen LogP contribution in [-0.4, -0.2) is 18.1 Å². The number of carbonyl (C=O) groups excluding carboxylic acids is 1. The second kappa shape index (κ2) is 3.89. The first-order chi connectivity index (χ1) is 6.83. The Morgan fingerprint density at radius 3 is 3.00 bits per heavy atom. The van der Waals surface area contributed by atoms with Crippen LogP contribution in [0, 0.1) is 0 Å². The smallest absolute Gasteiger partial charge is 0.358 e. The fourth-order valence-electron chi connectivity index (χ4n) is 1.07. The molecule has 0 saturated carbocycles. The summed E-state index contributed by atoms with van der Waals surface area (Å²) in [6.45, 7) is 0. The predicted octanol–water partition coefficient (Wildman–Crippen LogP) is 2.66. The normalized spacial score (nSPS) is 10.1. The van der Waals surface area contributed by atoms with Gasteiger partial charge in [0, 0.05) is 4.88 Å². The van der Waals surface area contributed by atoms with E-state index in [1.54, 1.807) is 16.8 Å². The molecule has 0 aromatic carbocycles. The Morgan fingerprint density at radius 1 is 1.50 bits per heavy atom. The molecular formula is C9H7NO2S2. The van der Waals surface area contributed by atoms with Crippen molar-refractivity contribution in [3.63, 3.8) is 0 Å². The van der Waals surface area contributed by atoms with E-state index in [-0.39, 0.29) is 5.97 Å². The van der Waals surface area contributed by atoms with Gasteiger partial charge in [-0.25, -0.2) is 9.78 Å². The third-order valence-electron chi connectivity index (χ3n) is 1.69. The zero-order valence-corrected chi connectivity index (χ0v) is 9.02. The second-order valence-corrected chi connectivity index (χ2v) is 4.30. The summed E-state index contributed by atoms with van der Waals surface area (Å²) in [5.41, 5.74) is 2.06. The fraction of sp³-hybridized carbons (Fsp3) is 0.111. The number of thiophene rings is 1. The minimum atomic E-state index is -0.380. The summed E-state index contributed by atoms with van der Waals surface area (Å²) < 4.78 is 4.64. The van der Waals surface area contributed by atoms with Crippen LogP contribution in [0.5, 0.6) is 0 Å². The van der Waals surface area contributed by atoms with Crippen LogP contribution in [0.1, 0.15) is 10.5 Å². The van der Waals surface area contributed by atoms with Crippen molar-refractivity contribution >= 4 is 28.6 Å². The van der Waals surface area contributed by atoms with E-state index in [0.717, 1.165) is 9.75 Å². The lowest BCUT2D eigenvalue weighted by Gasteiger charge is -1.96. The van der Waals surface area contributed by atoms with E-state index in [2.05, 4.69) is 9.72 Å². The molecule has 72 valence electrons. The van der Waals surface area contributed by atoms with Gasteiger partial charge in [0.15, 0.2) is 5.69 Å². The van der Waals surface area contributed by atoms with Crippen LogP contribution in [0.15, 0.2) is 23.0 Å². The molecule has 2 heterocycles. The molecule has 0 saturated heterocycles. The van der Waals surface area contributed by atoms with Crippen molar-refractivity contribution < 1.29 is 9.53 Å². The highest BCUT2D eigenvalue weighted by molar-refractivity contribution is 7.20. The van der Waals surface area contributed by atoms with Gasteiger partial charge in [-0.2, -0.15) is 0 Å². The summed E-state index contributed by atoms with van der Waals surface area (Å²) in [5, 5.41) is 1.97. The molecule has 0 spiro atoms. The lowest BCUT2D eigenvalue weighted by Crippen LogP contribution is -2.02. The molecule has 0 aliphatic heterocycles. The zero-order chi connectivity index (χ0) is 9.97. The minimum absolute atomic E-state index is 0.380. The first-order valence-electron chi connectivity index (χ1n) is 3.88. The monoisotopic (exact) mass is 225 g/mol. The maximum absolute atomic E-state index is 11.3. The van der Waals surface area contributed by atoms with Crippen LogP contribution in [0.25, 0.3) is 9.75 Å². The average molecular weight is 225 g/mol. The van der Waals surface area contributed by atoms with Crippen molar-refractivity contribution in [2.45, 2.75) is 0 Å². The molecule has 2 rings (SSSR count). The molecule has 0 amide bonds. The van der Waals surface area contributed by atoms with Crippen molar-refractivity contribution in [2.75, 3.05) is 7.11 Å². The third kappa shape index (κ3) is 1.56. The number of ether oxygens (including phenoxy) is 1. The van der Waals surface area contributed by atoms with Gasteiger partial charge in [0.05, 0.1) is 17.5 Å². The summed E-state index contributed by atoms with van der Waals surface area (Å²) in [4.78, 5) is 17.2. The van der Waals surface area contributed by atoms with Gasteiger partial charge < -0.3 is 4.74 Å². The standard InChI is InChI=1S/C9H7NO2S2/c1-12-9(11)7-8(14-5-10-7)6-3-2-4-13-6/h2-5H,1H3. The van der Waals surface area contributed by atoms with Gasteiger partial charge in [0.1, 0.15) is 0 Å². The molecule has 0 N–H and O–H groups in total. The summed E-state index contributed by atoms with van der Waals surface area (Å²) in [5.74, 6) is -0.380. The summed E-state index contributed by atoms with van der Waals surface area (Å²) in [6, 6.07) is 3.91. The number of rotatable bonds is 2. The quantitative estimate of drug-likeness (QED) is 0.737. The highest BCUT2D eigenvalue weighted by Crippen LogP contribution is 2.31. The minimum Gasteiger partial charge on any atom is -0.464 e. The van der Waals surface area contributed by atoms with Gasteiger partial charge in [-0.3, -0.25) is 0 Å². The Hall–Kier alpha value is -1.20. The molecule has 2 aromatic heterocycles. The maximum atomic E-state index is 11.3. The number of nitrogens with zero attached hydrogens (tertiary/aromatic N) is 1. The van der Waals surface area contributed by atoms with Gasteiger partial charge in [-0.15, -0.1) is 22.7 Å². The van der Waals surface area contributed by atoms with Crippen LogP contribution in [0.3, 0.4) is 0 Å². The topological polar surface area (TPSA) is 39.2 Å². The van der Waals surface area contributed by atoms with Crippen molar-refractivity contribution in [1.29, 1.82) is 0 Å². The molecule has 0 fully saturated rings. The van der Waals surface area contributed by atoms with Crippen LogP contribution >= 0.6 is 22.7 Å². The van der Waals surface area contributed by atoms with E-state index in [9.17, 15) is 4.79 Å². The molecule has 0 radical (unpaired) electrons. The molecule has 0 bridgehead atoms. The molecule has 0 aliphatic rings. The molecular weight excluding hydrogens is 218 g/mol. The van der Waals surface area contributed by atoms with Gasteiger partial charge in [0.2, 0.25) is 0 Å². The SMILES string of the molecule is COC(=O)c1ncsc1-c1cccs1. The van der Waals surface area contributed by atoms with Gasteiger partial charge in [-0.05, 0) is 11.4 Å². The van der Waals surface area contributed by atoms with E-state index in [0.29, 0.717) is 5.69 Å². The zero-order valence-electron chi connectivity index (χ0n) is 7.39. The number of hydrogen-bond acceptors (Lipinski definition) is 5. The number of aromatic nitrogens is 1. The largest absolute Gasteiger partial charge is 0.464 e. The van der Waals surface area contributed by atoms with Crippen molar-refractivity contribution in [3.05, 3.63) is 28.7 Å². The lowest BCUT2D eigenvalue weighted by molar-refractivity contribution is 0.0596. The molecule has 3 nitrogen and oxygen atoms in total. The molecule has 0 unspecified atom stereocenters. The van der Waals surface area contributed by atoms with E-state index in [1.165, 1.54) is 18.4 Å². The van der Waals surface area contributed by atoms with Crippen molar-refractivity contribution in [3.8, 4) is 9.75 Å². The van der Waals surface area contributed by atoms with E-state index >= 15 is 0 Å². The highest BCUT2D eigenvalue weighted by Gasteiger charge is 2.16. The van der Waals surface area contributed by atoms with Crippen LogP contribution < -0.4 is 0 Å². The van der Waals surface area contributed by atoms with Gasteiger partial charge in [-0.1, -0.05) is 6.07 Å². The molecule has 14 heavy (non-hydrogen) atoms. The molecule has 5 heteroatoms. The Bertz CT molecular complexity index is 433. The predicted molar refractivity (Wildman–Crippen MR) is 56.8 cm³/mol. The van der Waals surface area contributed by atoms with Gasteiger partial charge in [0.25, 0.3) is 0 Å². The Labute approximate surface area is 89.0 Å². The summed E-state index contributed by atoms with van der Waals surface area (Å²) >= 11 is 3.03. The first kappa shape index (κ1) is 9.36. The van der Waals surface area contributed by atoms with Crippen molar-refractivity contribution in [1.82, 2.24) is 4.98 Å². The van der Waals surface area contributed by atoms with Crippen LogP contribution in [0.4, 0.5) is 0 Å².